The molecule has 1 nitrogen and oxygen atoms in total. The molecule has 0 aliphatic rings. The molecule has 0 aliphatic heterocycles. The smallest absolute Gasteiger partial charge is 0.102 e. The van der Waals surface area contributed by atoms with Crippen molar-refractivity contribution in [3.8, 4) is 0 Å². The Morgan fingerprint density at radius 1 is 1.15 bits per heavy atom. The van der Waals surface area contributed by atoms with E-state index in [4.69, 9.17) is 11.6 Å². The Balaban J connectivity index is 2.94. The van der Waals surface area contributed by atoms with Crippen molar-refractivity contribution in [3.63, 3.8) is 0 Å². The molecule has 0 saturated carbocycles. The predicted octanol–water partition coefficient (Wildman–Crippen LogP) is 5.11. The average Bonchev–Trinajstić information content (AvgIpc) is 2.38. The zero-order chi connectivity index (χ0) is 9.59. The zero-order valence-electron chi connectivity index (χ0n) is 6.17. The number of halogens is 4. The SMILES string of the molecule is Clc1c(Br)[nH]c2c(Br)c(Br)ccc12. The number of aromatic amines is 1. The van der Waals surface area contributed by atoms with Gasteiger partial charge < -0.3 is 4.98 Å². The van der Waals surface area contributed by atoms with E-state index in [2.05, 4.69) is 52.8 Å². The molecule has 1 N–H and O–H groups in total. The number of benzene rings is 1. The fourth-order valence-electron chi connectivity index (χ4n) is 1.14. The quantitative estimate of drug-likeness (QED) is 0.646. The van der Waals surface area contributed by atoms with Crippen molar-refractivity contribution in [1.82, 2.24) is 4.98 Å². The van der Waals surface area contributed by atoms with Crippen molar-refractivity contribution < 1.29 is 0 Å². The number of hydrogen-bond acceptors (Lipinski definition) is 0. The normalized spacial score (nSPS) is 11.1. The van der Waals surface area contributed by atoms with Crippen LogP contribution in [0.3, 0.4) is 0 Å². The molecule has 5 heteroatoms. The lowest BCUT2D eigenvalue weighted by Crippen LogP contribution is -1.72. The van der Waals surface area contributed by atoms with Gasteiger partial charge in [-0.3, -0.25) is 0 Å². The van der Waals surface area contributed by atoms with Gasteiger partial charge in [-0.25, -0.2) is 0 Å². The van der Waals surface area contributed by atoms with Crippen LogP contribution in [0.25, 0.3) is 10.9 Å². The fraction of sp³-hybridized carbons (Fsp3) is 0. The second kappa shape index (κ2) is 3.57. The van der Waals surface area contributed by atoms with Gasteiger partial charge in [-0.05, 0) is 53.9 Å². The van der Waals surface area contributed by atoms with Crippen LogP contribution >= 0.6 is 59.4 Å². The fourth-order valence-corrected chi connectivity index (χ4v) is 2.53. The minimum Gasteiger partial charge on any atom is -0.347 e. The molecule has 0 amide bonds. The summed E-state index contributed by atoms with van der Waals surface area (Å²) in [5.41, 5.74) is 0.992. The van der Waals surface area contributed by atoms with Crippen molar-refractivity contribution >= 4 is 70.3 Å². The Hall–Kier alpha value is 0.490. The molecule has 1 aromatic carbocycles. The number of nitrogens with one attached hydrogen (secondary N) is 1. The lowest BCUT2D eigenvalue weighted by atomic mass is 10.2. The standard InChI is InChI=1S/C8H3Br3ClN/c9-4-2-1-3-6(12)8(11)13-7(3)5(4)10/h1-2,13H. The topological polar surface area (TPSA) is 15.8 Å². The molecule has 68 valence electrons. The first kappa shape index (κ1) is 10.0. The monoisotopic (exact) mass is 385 g/mol. The summed E-state index contributed by atoms with van der Waals surface area (Å²) in [5.74, 6) is 0. The summed E-state index contributed by atoms with van der Waals surface area (Å²) in [6.45, 7) is 0. The second-order valence-corrected chi connectivity index (χ2v) is 5.36. The van der Waals surface area contributed by atoms with E-state index < -0.39 is 0 Å². The molecule has 13 heavy (non-hydrogen) atoms. The van der Waals surface area contributed by atoms with Crippen molar-refractivity contribution in [1.29, 1.82) is 0 Å². The summed E-state index contributed by atoms with van der Waals surface area (Å²) in [6.07, 6.45) is 0. The second-order valence-electron chi connectivity index (χ2n) is 2.54. The van der Waals surface area contributed by atoms with Crippen molar-refractivity contribution in [3.05, 3.63) is 30.7 Å². The molecular formula is C8H3Br3ClN. The van der Waals surface area contributed by atoms with Gasteiger partial charge in [0.1, 0.15) is 4.60 Å². The van der Waals surface area contributed by atoms with Crippen LogP contribution in [-0.2, 0) is 0 Å². The van der Waals surface area contributed by atoms with Gasteiger partial charge in [0.2, 0.25) is 0 Å². The van der Waals surface area contributed by atoms with E-state index in [1.54, 1.807) is 0 Å². The van der Waals surface area contributed by atoms with E-state index >= 15 is 0 Å². The molecular weight excluding hydrogens is 385 g/mol. The molecule has 0 spiro atoms. The molecule has 0 saturated heterocycles. The van der Waals surface area contributed by atoms with Crippen LogP contribution in [0, 0.1) is 0 Å². The van der Waals surface area contributed by atoms with Gasteiger partial charge in [0, 0.05) is 9.86 Å². The van der Waals surface area contributed by atoms with E-state index in [9.17, 15) is 0 Å². The van der Waals surface area contributed by atoms with Crippen LogP contribution in [0.1, 0.15) is 0 Å². The third-order valence-corrected chi connectivity index (χ3v) is 4.99. The van der Waals surface area contributed by atoms with Gasteiger partial charge in [-0.1, -0.05) is 17.7 Å². The van der Waals surface area contributed by atoms with Crippen molar-refractivity contribution in [2.45, 2.75) is 0 Å². The third-order valence-electron chi connectivity index (χ3n) is 1.76. The molecule has 1 heterocycles. The summed E-state index contributed by atoms with van der Waals surface area (Å²) < 4.78 is 2.80. The minimum absolute atomic E-state index is 0.711. The molecule has 2 rings (SSSR count). The van der Waals surface area contributed by atoms with Crippen LogP contribution in [0.2, 0.25) is 5.02 Å². The van der Waals surface area contributed by atoms with E-state index in [0.717, 1.165) is 24.5 Å². The van der Waals surface area contributed by atoms with Crippen LogP contribution in [0.4, 0.5) is 0 Å². The Bertz CT molecular complexity index is 478. The number of fused-ring (bicyclic) bond motifs is 1. The van der Waals surface area contributed by atoms with Crippen molar-refractivity contribution in [2.24, 2.45) is 0 Å². The number of H-pyrrole nitrogens is 1. The van der Waals surface area contributed by atoms with Crippen LogP contribution in [0.15, 0.2) is 25.7 Å². The first-order chi connectivity index (χ1) is 6.11. The van der Waals surface area contributed by atoms with Gasteiger partial charge >= 0.3 is 0 Å². The summed E-state index contributed by atoms with van der Waals surface area (Å²) in [5, 5.41) is 1.71. The molecule has 1 aromatic heterocycles. The number of aromatic nitrogens is 1. The van der Waals surface area contributed by atoms with Crippen LogP contribution in [-0.4, -0.2) is 4.98 Å². The van der Waals surface area contributed by atoms with Gasteiger partial charge in [-0.2, -0.15) is 0 Å². The largest absolute Gasteiger partial charge is 0.347 e. The molecule has 0 aliphatic carbocycles. The first-order valence-corrected chi connectivity index (χ1v) is 6.17. The summed E-state index contributed by atoms with van der Waals surface area (Å²) in [6, 6.07) is 3.92. The molecule has 0 radical (unpaired) electrons. The maximum Gasteiger partial charge on any atom is 0.102 e. The Kier molecular flexibility index (Phi) is 2.75. The number of rotatable bonds is 0. The first-order valence-electron chi connectivity index (χ1n) is 3.42. The van der Waals surface area contributed by atoms with Crippen LogP contribution in [0.5, 0.6) is 0 Å². The molecule has 0 unspecified atom stereocenters. The van der Waals surface area contributed by atoms with E-state index in [-0.39, 0.29) is 0 Å². The Morgan fingerprint density at radius 3 is 2.54 bits per heavy atom. The highest BCUT2D eigenvalue weighted by Gasteiger charge is 2.10. The molecule has 0 bridgehead atoms. The molecule has 0 atom stereocenters. The van der Waals surface area contributed by atoms with E-state index in [1.165, 1.54) is 0 Å². The zero-order valence-corrected chi connectivity index (χ0v) is 11.7. The highest BCUT2D eigenvalue weighted by Crippen LogP contribution is 2.37. The van der Waals surface area contributed by atoms with Gasteiger partial charge in [-0.15, -0.1) is 0 Å². The van der Waals surface area contributed by atoms with Gasteiger partial charge in [0.25, 0.3) is 0 Å². The highest BCUT2D eigenvalue weighted by atomic mass is 79.9. The maximum atomic E-state index is 6.05. The summed E-state index contributed by atoms with van der Waals surface area (Å²) >= 11 is 16.3. The highest BCUT2D eigenvalue weighted by molar-refractivity contribution is 9.13. The Morgan fingerprint density at radius 2 is 1.85 bits per heavy atom. The minimum atomic E-state index is 0.711. The summed E-state index contributed by atoms with van der Waals surface area (Å²) in [4.78, 5) is 3.14. The summed E-state index contributed by atoms with van der Waals surface area (Å²) in [7, 11) is 0. The van der Waals surface area contributed by atoms with E-state index in [0.29, 0.717) is 5.02 Å². The maximum absolute atomic E-state index is 6.05. The lowest BCUT2D eigenvalue weighted by Gasteiger charge is -1.96. The van der Waals surface area contributed by atoms with Crippen molar-refractivity contribution in [2.75, 3.05) is 0 Å². The lowest BCUT2D eigenvalue weighted by molar-refractivity contribution is 1.40. The average molecular weight is 388 g/mol. The molecule has 0 fully saturated rings. The van der Waals surface area contributed by atoms with Gasteiger partial charge in [0.15, 0.2) is 0 Å². The van der Waals surface area contributed by atoms with Gasteiger partial charge in [0.05, 0.1) is 15.0 Å². The predicted molar refractivity (Wildman–Crippen MR) is 66.4 cm³/mol. The van der Waals surface area contributed by atoms with Crippen LogP contribution < -0.4 is 0 Å². The van der Waals surface area contributed by atoms with E-state index in [1.807, 2.05) is 12.1 Å². The molecule has 2 aromatic rings. The Labute approximate surface area is 105 Å². The number of hydrogen-bond donors (Lipinski definition) is 1. The third kappa shape index (κ3) is 1.58.